The Balaban J connectivity index is 1.60. The molecule has 1 aromatic rings. The van der Waals surface area contributed by atoms with E-state index in [0.717, 1.165) is 10.8 Å². The minimum Gasteiger partial charge on any atom is -0.293 e. The first-order valence-corrected chi connectivity index (χ1v) is 7.63. The summed E-state index contributed by atoms with van der Waals surface area (Å²) in [5, 5.41) is 0. The normalized spacial score (nSPS) is 36.9. The number of carbonyl (C=O) groups is 1. The number of carbonyl (C=O) groups excluding carboxylic acids is 1. The molecule has 0 amide bonds. The van der Waals surface area contributed by atoms with E-state index in [4.69, 9.17) is 0 Å². The monoisotopic (exact) mass is 256 g/mol. The third-order valence-corrected chi connectivity index (χ3v) is 5.91. The highest BCUT2D eigenvalue weighted by molar-refractivity contribution is 8.04. The zero-order valence-electron chi connectivity index (χ0n) is 10.2. The molecular weight excluding hydrogens is 240 g/mol. The van der Waals surface area contributed by atoms with Gasteiger partial charge in [-0.3, -0.25) is 4.79 Å². The number of allylic oxidation sites excluding steroid dienone is 2. The van der Waals surface area contributed by atoms with Crippen molar-refractivity contribution in [1.29, 1.82) is 0 Å². The lowest BCUT2D eigenvalue weighted by Gasteiger charge is -2.22. The van der Waals surface area contributed by atoms with E-state index in [0.29, 0.717) is 23.5 Å². The molecule has 0 spiro atoms. The molecule has 0 aromatic heterocycles. The van der Waals surface area contributed by atoms with Crippen molar-refractivity contribution in [2.24, 2.45) is 23.7 Å². The standard InChI is InChI=1S/C16H16OS/c17-16-14(18-12-4-2-1-3-5-12)9-13-10-6-7-11(8-10)15(13)16/h1-5,9-11,13,15H,6-8H2. The molecule has 4 rings (SSSR count). The Kier molecular flexibility index (Phi) is 2.41. The average molecular weight is 256 g/mol. The molecule has 1 aromatic carbocycles. The number of hydrogen-bond acceptors (Lipinski definition) is 2. The van der Waals surface area contributed by atoms with E-state index in [1.54, 1.807) is 11.8 Å². The van der Waals surface area contributed by atoms with Gasteiger partial charge >= 0.3 is 0 Å². The van der Waals surface area contributed by atoms with Gasteiger partial charge in [0.25, 0.3) is 0 Å². The molecule has 3 aliphatic rings. The largest absolute Gasteiger partial charge is 0.293 e. The molecule has 2 fully saturated rings. The number of fused-ring (bicyclic) bond motifs is 5. The fourth-order valence-electron chi connectivity index (χ4n) is 4.09. The summed E-state index contributed by atoms with van der Waals surface area (Å²) < 4.78 is 0. The Labute approximate surface area is 112 Å². The van der Waals surface area contributed by atoms with Gasteiger partial charge in [-0.25, -0.2) is 0 Å². The number of hydrogen-bond donors (Lipinski definition) is 0. The van der Waals surface area contributed by atoms with E-state index in [2.05, 4.69) is 18.2 Å². The molecule has 3 aliphatic carbocycles. The van der Waals surface area contributed by atoms with E-state index >= 15 is 0 Å². The Morgan fingerprint density at radius 3 is 2.61 bits per heavy atom. The van der Waals surface area contributed by atoms with Crippen LogP contribution in [-0.2, 0) is 4.79 Å². The van der Waals surface area contributed by atoms with Crippen molar-refractivity contribution in [1.82, 2.24) is 0 Å². The Morgan fingerprint density at radius 2 is 1.83 bits per heavy atom. The van der Waals surface area contributed by atoms with Crippen molar-refractivity contribution in [2.75, 3.05) is 0 Å². The zero-order chi connectivity index (χ0) is 12.1. The lowest BCUT2D eigenvalue weighted by Crippen LogP contribution is -2.23. The molecule has 0 heterocycles. The van der Waals surface area contributed by atoms with Crippen LogP contribution in [0.1, 0.15) is 19.3 Å². The third kappa shape index (κ3) is 1.51. The van der Waals surface area contributed by atoms with Crippen LogP contribution in [0.15, 0.2) is 46.2 Å². The van der Waals surface area contributed by atoms with E-state index in [9.17, 15) is 4.79 Å². The summed E-state index contributed by atoms with van der Waals surface area (Å²) in [6, 6.07) is 10.3. The van der Waals surface area contributed by atoms with E-state index in [-0.39, 0.29) is 0 Å². The second-order valence-electron chi connectivity index (χ2n) is 5.75. The molecule has 4 atom stereocenters. The van der Waals surface area contributed by atoms with Crippen LogP contribution in [0.25, 0.3) is 0 Å². The second kappa shape index (κ2) is 3.99. The van der Waals surface area contributed by atoms with E-state index in [1.807, 2.05) is 18.2 Å². The highest BCUT2D eigenvalue weighted by atomic mass is 32.2. The van der Waals surface area contributed by atoms with Crippen LogP contribution in [0.2, 0.25) is 0 Å². The first-order chi connectivity index (χ1) is 8.83. The average Bonchev–Trinajstić information content (AvgIpc) is 3.06. The van der Waals surface area contributed by atoms with Gasteiger partial charge in [0.05, 0.1) is 4.91 Å². The van der Waals surface area contributed by atoms with Crippen LogP contribution in [0.3, 0.4) is 0 Å². The summed E-state index contributed by atoms with van der Waals surface area (Å²) in [5.74, 6) is 2.84. The maximum absolute atomic E-state index is 12.5. The number of Topliss-reactive ketones (excluding diaryl/α,β-unsaturated/α-hetero) is 1. The summed E-state index contributed by atoms with van der Waals surface area (Å²) in [4.78, 5) is 14.7. The van der Waals surface area contributed by atoms with Crippen LogP contribution in [0.4, 0.5) is 0 Å². The lowest BCUT2D eigenvalue weighted by molar-refractivity contribution is -0.119. The van der Waals surface area contributed by atoms with E-state index < -0.39 is 0 Å². The molecule has 2 saturated carbocycles. The van der Waals surface area contributed by atoms with Gasteiger partial charge in [0.2, 0.25) is 0 Å². The van der Waals surface area contributed by atoms with Crippen molar-refractivity contribution in [3.8, 4) is 0 Å². The molecule has 0 N–H and O–H groups in total. The van der Waals surface area contributed by atoms with Gasteiger partial charge in [-0.15, -0.1) is 0 Å². The zero-order valence-corrected chi connectivity index (χ0v) is 11.0. The predicted octanol–water partition coefficient (Wildman–Crippen LogP) is 3.91. The number of thioether (sulfide) groups is 1. The molecule has 4 unspecified atom stereocenters. The predicted molar refractivity (Wildman–Crippen MR) is 73.2 cm³/mol. The summed E-state index contributed by atoms with van der Waals surface area (Å²) >= 11 is 1.66. The van der Waals surface area contributed by atoms with Gasteiger partial charge in [-0.05, 0) is 49.1 Å². The van der Waals surface area contributed by atoms with Crippen LogP contribution in [0.5, 0.6) is 0 Å². The van der Waals surface area contributed by atoms with Crippen LogP contribution in [-0.4, -0.2) is 5.78 Å². The number of benzene rings is 1. The molecule has 0 aliphatic heterocycles. The van der Waals surface area contributed by atoms with Gasteiger partial charge in [-0.2, -0.15) is 0 Å². The first kappa shape index (κ1) is 10.9. The van der Waals surface area contributed by atoms with Crippen molar-refractivity contribution < 1.29 is 4.79 Å². The van der Waals surface area contributed by atoms with Crippen LogP contribution in [0, 0.1) is 23.7 Å². The van der Waals surface area contributed by atoms with Crippen LogP contribution < -0.4 is 0 Å². The molecular formula is C16H16OS. The number of ketones is 1. The van der Waals surface area contributed by atoms with Gasteiger partial charge in [0.15, 0.2) is 5.78 Å². The summed E-state index contributed by atoms with van der Waals surface area (Å²) in [6.07, 6.45) is 6.23. The highest BCUT2D eigenvalue weighted by Gasteiger charge is 2.53. The minimum atomic E-state index is 0.343. The van der Waals surface area contributed by atoms with Gasteiger partial charge in [-0.1, -0.05) is 36.0 Å². The van der Waals surface area contributed by atoms with Crippen molar-refractivity contribution in [2.45, 2.75) is 24.2 Å². The molecule has 92 valence electrons. The van der Waals surface area contributed by atoms with Crippen LogP contribution >= 0.6 is 11.8 Å². The maximum Gasteiger partial charge on any atom is 0.173 e. The SMILES string of the molecule is O=C1C(Sc2ccccc2)=CC2C3CCC(C3)C12. The fourth-order valence-corrected chi connectivity index (χ4v) is 5.09. The molecule has 18 heavy (non-hydrogen) atoms. The number of rotatable bonds is 2. The molecule has 1 nitrogen and oxygen atoms in total. The highest BCUT2D eigenvalue weighted by Crippen LogP contribution is 2.58. The summed E-state index contributed by atoms with van der Waals surface area (Å²) in [7, 11) is 0. The molecule has 2 heteroatoms. The van der Waals surface area contributed by atoms with Crippen molar-refractivity contribution in [3.05, 3.63) is 41.3 Å². The summed E-state index contributed by atoms with van der Waals surface area (Å²) in [6.45, 7) is 0. The van der Waals surface area contributed by atoms with Gasteiger partial charge in [0, 0.05) is 10.8 Å². The second-order valence-corrected chi connectivity index (χ2v) is 6.86. The van der Waals surface area contributed by atoms with Gasteiger partial charge in [0.1, 0.15) is 0 Å². The van der Waals surface area contributed by atoms with Crippen molar-refractivity contribution in [3.63, 3.8) is 0 Å². The lowest BCUT2D eigenvalue weighted by atomic mass is 9.81. The summed E-state index contributed by atoms with van der Waals surface area (Å²) in [5.41, 5.74) is 0. The molecule has 0 radical (unpaired) electrons. The molecule has 2 bridgehead atoms. The van der Waals surface area contributed by atoms with Crippen molar-refractivity contribution >= 4 is 17.5 Å². The maximum atomic E-state index is 12.5. The topological polar surface area (TPSA) is 17.1 Å². The Morgan fingerprint density at radius 1 is 1.06 bits per heavy atom. The third-order valence-electron chi connectivity index (χ3n) is 4.84. The minimum absolute atomic E-state index is 0.343. The molecule has 0 saturated heterocycles. The first-order valence-electron chi connectivity index (χ1n) is 6.82. The Hall–Kier alpha value is -1.02. The van der Waals surface area contributed by atoms with E-state index in [1.165, 1.54) is 24.2 Å². The quantitative estimate of drug-likeness (QED) is 0.798. The smallest absolute Gasteiger partial charge is 0.173 e. The van der Waals surface area contributed by atoms with Gasteiger partial charge < -0.3 is 0 Å². The Bertz CT molecular complexity index is 519. The fraction of sp³-hybridized carbons (Fsp3) is 0.438.